The topological polar surface area (TPSA) is 103 Å². The molecule has 2 N–H and O–H groups in total. The molecule has 3 rings (SSSR count). The van der Waals surface area contributed by atoms with Gasteiger partial charge in [-0.3, -0.25) is 14.4 Å². The van der Waals surface area contributed by atoms with E-state index in [0.29, 0.717) is 18.9 Å². The lowest BCUT2D eigenvalue weighted by atomic mass is 9.96. The monoisotopic (exact) mass is 443 g/mol. The van der Waals surface area contributed by atoms with Crippen molar-refractivity contribution in [2.75, 3.05) is 13.7 Å². The lowest BCUT2D eigenvalue weighted by Crippen LogP contribution is -2.40. The molecule has 2 aromatic rings. The van der Waals surface area contributed by atoms with Gasteiger partial charge >= 0.3 is 0 Å². The smallest absolute Gasteiger partial charge is 0.257 e. The number of ether oxygens (including phenoxy) is 1. The Hall–Kier alpha value is -2.87. The van der Waals surface area contributed by atoms with E-state index in [4.69, 9.17) is 9.15 Å². The van der Waals surface area contributed by atoms with Crippen molar-refractivity contribution in [1.82, 2.24) is 15.2 Å². The third-order valence-electron chi connectivity index (χ3n) is 5.88. The Morgan fingerprint density at radius 2 is 1.78 bits per heavy atom. The van der Waals surface area contributed by atoms with Crippen molar-refractivity contribution < 1.29 is 18.7 Å². The molecule has 32 heavy (non-hydrogen) atoms. The number of rotatable bonds is 8. The van der Waals surface area contributed by atoms with Crippen LogP contribution in [0.2, 0.25) is 0 Å². The van der Waals surface area contributed by atoms with Gasteiger partial charge in [0.1, 0.15) is 16.9 Å². The van der Waals surface area contributed by atoms with E-state index in [0.717, 1.165) is 25.7 Å². The summed E-state index contributed by atoms with van der Waals surface area (Å²) in [7, 11) is 1.57. The third kappa shape index (κ3) is 6.32. The van der Waals surface area contributed by atoms with E-state index in [1.807, 2.05) is 0 Å². The Morgan fingerprint density at radius 3 is 2.41 bits per heavy atom. The van der Waals surface area contributed by atoms with Gasteiger partial charge in [-0.15, -0.1) is 0 Å². The minimum atomic E-state index is -0.578. The molecule has 0 spiro atoms. The van der Waals surface area contributed by atoms with Crippen molar-refractivity contribution in [2.45, 2.75) is 70.5 Å². The number of furan rings is 1. The van der Waals surface area contributed by atoms with Crippen LogP contribution in [0.4, 0.5) is 0 Å². The number of hydrogen-bond acceptors (Lipinski definition) is 5. The average Bonchev–Trinajstić information content (AvgIpc) is 3.29. The average molecular weight is 444 g/mol. The molecule has 1 fully saturated rings. The summed E-state index contributed by atoms with van der Waals surface area (Å²) in [5.41, 5.74) is -0.683. The lowest BCUT2D eigenvalue weighted by molar-refractivity contribution is 0.0927. The molecule has 1 atom stereocenters. The van der Waals surface area contributed by atoms with E-state index in [-0.39, 0.29) is 17.2 Å². The Labute approximate surface area is 188 Å². The standard InChI is InChI=1S/C24H33N3O5/c1-17(21-11-8-13-32-21)25-23(29)19-15-27(12-14-31-2)16-20(22(19)28)24(30)26-18-9-6-4-3-5-7-10-18/h8,11,13,15-18H,3-7,9-10,12,14H2,1-2H3,(H,25,29)(H,26,30). The van der Waals surface area contributed by atoms with Crippen LogP contribution in [0, 0.1) is 0 Å². The highest BCUT2D eigenvalue weighted by molar-refractivity contribution is 5.99. The van der Waals surface area contributed by atoms with Crippen molar-refractivity contribution in [2.24, 2.45) is 0 Å². The number of pyridine rings is 1. The van der Waals surface area contributed by atoms with E-state index < -0.39 is 23.3 Å². The van der Waals surface area contributed by atoms with Crippen molar-refractivity contribution >= 4 is 11.8 Å². The maximum absolute atomic E-state index is 13.1. The van der Waals surface area contributed by atoms with Crippen LogP contribution in [0.3, 0.4) is 0 Å². The van der Waals surface area contributed by atoms with Crippen LogP contribution in [0.25, 0.3) is 0 Å². The van der Waals surface area contributed by atoms with Crippen molar-refractivity contribution in [1.29, 1.82) is 0 Å². The summed E-state index contributed by atoms with van der Waals surface area (Å²) < 4.78 is 12.1. The van der Waals surface area contributed by atoms with Crippen LogP contribution >= 0.6 is 0 Å². The summed E-state index contributed by atoms with van der Waals surface area (Å²) in [5, 5.41) is 5.80. The minimum Gasteiger partial charge on any atom is -0.467 e. The molecule has 0 bridgehead atoms. The normalized spacial score (nSPS) is 16.1. The molecule has 0 aliphatic heterocycles. The highest BCUT2D eigenvalue weighted by Crippen LogP contribution is 2.17. The number of nitrogens with zero attached hydrogens (tertiary/aromatic N) is 1. The molecule has 2 aromatic heterocycles. The number of carbonyl (C=O) groups is 2. The third-order valence-corrected chi connectivity index (χ3v) is 5.88. The number of amides is 2. The van der Waals surface area contributed by atoms with Gasteiger partial charge in [0.25, 0.3) is 11.8 Å². The summed E-state index contributed by atoms with van der Waals surface area (Å²) in [4.78, 5) is 39.1. The highest BCUT2D eigenvalue weighted by atomic mass is 16.5. The fourth-order valence-corrected chi connectivity index (χ4v) is 4.03. The predicted molar refractivity (Wildman–Crippen MR) is 121 cm³/mol. The molecule has 8 nitrogen and oxygen atoms in total. The van der Waals surface area contributed by atoms with Crippen LogP contribution in [-0.2, 0) is 11.3 Å². The van der Waals surface area contributed by atoms with Crippen LogP contribution < -0.4 is 16.1 Å². The number of aromatic nitrogens is 1. The molecule has 0 saturated heterocycles. The summed E-state index contributed by atoms with van der Waals surface area (Å²) in [6.45, 7) is 2.57. The number of carbonyl (C=O) groups excluding carboxylic acids is 2. The van der Waals surface area contributed by atoms with Gasteiger partial charge in [0.05, 0.1) is 18.9 Å². The van der Waals surface area contributed by atoms with Gasteiger partial charge in [-0.2, -0.15) is 0 Å². The van der Waals surface area contributed by atoms with Gasteiger partial charge in [-0.05, 0) is 31.9 Å². The molecule has 0 aromatic carbocycles. The van der Waals surface area contributed by atoms with Crippen LogP contribution in [-0.4, -0.2) is 36.1 Å². The van der Waals surface area contributed by atoms with E-state index in [1.54, 1.807) is 30.7 Å². The van der Waals surface area contributed by atoms with Gasteiger partial charge in [-0.1, -0.05) is 32.1 Å². The Balaban J connectivity index is 1.83. The summed E-state index contributed by atoms with van der Waals surface area (Å²) >= 11 is 0. The molecule has 174 valence electrons. The second-order valence-electron chi connectivity index (χ2n) is 8.37. The Kier molecular flexibility index (Phi) is 8.67. The van der Waals surface area contributed by atoms with Crippen molar-refractivity contribution in [3.05, 3.63) is 57.9 Å². The van der Waals surface area contributed by atoms with Crippen molar-refractivity contribution in [3.63, 3.8) is 0 Å². The first kappa shape index (κ1) is 23.8. The molecule has 0 radical (unpaired) electrons. The molecule has 1 aliphatic carbocycles. The number of methoxy groups -OCH3 is 1. The molecular weight excluding hydrogens is 410 g/mol. The molecule has 2 heterocycles. The van der Waals surface area contributed by atoms with E-state index in [2.05, 4.69) is 10.6 Å². The van der Waals surface area contributed by atoms with Gasteiger partial charge < -0.3 is 24.4 Å². The molecule has 8 heteroatoms. The van der Waals surface area contributed by atoms with Crippen LogP contribution in [0.5, 0.6) is 0 Å². The fourth-order valence-electron chi connectivity index (χ4n) is 4.03. The lowest BCUT2D eigenvalue weighted by Gasteiger charge is -2.21. The van der Waals surface area contributed by atoms with Crippen molar-refractivity contribution in [3.8, 4) is 0 Å². The molecular formula is C24H33N3O5. The Bertz CT molecular complexity index is 943. The maximum Gasteiger partial charge on any atom is 0.257 e. The van der Waals surface area contributed by atoms with Gasteiger partial charge in [0, 0.05) is 32.1 Å². The largest absolute Gasteiger partial charge is 0.467 e. The second kappa shape index (κ2) is 11.7. The van der Waals surface area contributed by atoms with Gasteiger partial charge in [0.2, 0.25) is 5.43 Å². The van der Waals surface area contributed by atoms with Gasteiger partial charge in [0.15, 0.2) is 0 Å². The maximum atomic E-state index is 13.1. The van der Waals surface area contributed by atoms with E-state index in [9.17, 15) is 14.4 Å². The minimum absolute atomic E-state index is 0.0264. The fraction of sp³-hybridized carbons (Fsp3) is 0.542. The number of nitrogens with one attached hydrogen (secondary N) is 2. The zero-order valence-corrected chi connectivity index (χ0v) is 18.9. The summed E-state index contributed by atoms with van der Waals surface area (Å²) in [6.07, 6.45) is 12.0. The van der Waals surface area contributed by atoms with E-state index >= 15 is 0 Å². The van der Waals surface area contributed by atoms with Crippen LogP contribution in [0.1, 0.15) is 84.4 Å². The zero-order valence-electron chi connectivity index (χ0n) is 18.9. The first-order chi connectivity index (χ1) is 15.5. The molecule has 1 aliphatic rings. The molecule has 1 saturated carbocycles. The number of hydrogen-bond donors (Lipinski definition) is 2. The van der Waals surface area contributed by atoms with Crippen LogP contribution in [0.15, 0.2) is 40.0 Å². The first-order valence-corrected chi connectivity index (χ1v) is 11.4. The highest BCUT2D eigenvalue weighted by Gasteiger charge is 2.23. The predicted octanol–water partition coefficient (Wildman–Crippen LogP) is 3.42. The van der Waals surface area contributed by atoms with Gasteiger partial charge in [-0.25, -0.2) is 0 Å². The second-order valence-corrected chi connectivity index (χ2v) is 8.37. The summed E-state index contributed by atoms with van der Waals surface area (Å²) in [5.74, 6) is -0.401. The SMILES string of the molecule is COCCn1cc(C(=O)NC2CCCCCCC2)c(=O)c(C(=O)NC(C)c2ccco2)c1. The summed E-state index contributed by atoms with van der Waals surface area (Å²) in [6, 6.07) is 3.11. The molecule has 1 unspecified atom stereocenters. The zero-order chi connectivity index (χ0) is 22.9. The Morgan fingerprint density at radius 1 is 1.12 bits per heavy atom. The molecule has 2 amide bonds. The first-order valence-electron chi connectivity index (χ1n) is 11.4. The quantitative estimate of drug-likeness (QED) is 0.651. The van der Waals surface area contributed by atoms with E-state index in [1.165, 1.54) is 37.9 Å².